The van der Waals surface area contributed by atoms with Gasteiger partial charge in [0.05, 0.1) is 19.8 Å². The highest BCUT2D eigenvalue weighted by Crippen LogP contribution is 2.21. The molecule has 1 aromatic carbocycles. The van der Waals surface area contributed by atoms with Crippen LogP contribution in [0.1, 0.15) is 11.7 Å². The lowest BCUT2D eigenvalue weighted by Crippen LogP contribution is -2.01. The lowest BCUT2D eigenvalue weighted by Gasteiger charge is -2.09. The molecule has 0 spiro atoms. The van der Waals surface area contributed by atoms with E-state index in [2.05, 4.69) is 10.0 Å². The second kappa shape index (κ2) is 5.19. The van der Waals surface area contributed by atoms with Gasteiger partial charge in [-0.1, -0.05) is 11.2 Å². The third kappa shape index (κ3) is 2.83. The molecule has 0 saturated carbocycles. The zero-order valence-corrected chi connectivity index (χ0v) is 8.09. The zero-order valence-electron chi connectivity index (χ0n) is 8.09. The molecule has 0 aromatic heterocycles. The number of azide groups is 1. The fraction of sp³-hybridized carbons (Fsp3) is 0.333. The van der Waals surface area contributed by atoms with Crippen molar-refractivity contribution in [3.63, 3.8) is 0 Å². The predicted molar refractivity (Wildman–Crippen MR) is 51.9 cm³/mol. The molecule has 1 atom stereocenters. The first kappa shape index (κ1) is 11.3. The van der Waals surface area contributed by atoms with Crippen molar-refractivity contribution in [1.82, 2.24) is 0 Å². The summed E-state index contributed by atoms with van der Waals surface area (Å²) in [4.78, 5) is 2.50. The van der Waals surface area contributed by atoms with Crippen molar-refractivity contribution in [3.8, 4) is 5.75 Å². The molecule has 0 amide bonds. The number of rotatable bonds is 4. The van der Waals surface area contributed by atoms with Crippen LogP contribution in [-0.4, -0.2) is 18.8 Å². The summed E-state index contributed by atoms with van der Waals surface area (Å²) >= 11 is 0. The van der Waals surface area contributed by atoms with Crippen molar-refractivity contribution >= 4 is 0 Å². The average molecular weight is 211 g/mol. The third-order valence-corrected chi connectivity index (χ3v) is 1.88. The van der Waals surface area contributed by atoms with Gasteiger partial charge in [-0.2, -0.15) is 0 Å². The van der Waals surface area contributed by atoms with Gasteiger partial charge in [0.2, 0.25) is 0 Å². The summed E-state index contributed by atoms with van der Waals surface area (Å²) in [5.74, 6) is -0.454. The van der Waals surface area contributed by atoms with Crippen molar-refractivity contribution in [2.75, 3.05) is 13.7 Å². The monoisotopic (exact) mass is 211 g/mol. The van der Waals surface area contributed by atoms with E-state index < -0.39 is 11.9 Å². The molecule has 0 saturated heterocycles. The van der Waals surface area contributed by atoms with E-state index in [-0.39, 0.29) is 12.3 Å². The maximum absolute atomic E-state index is 13.2. The Morgan fingerprint density at radius 1 is 1.67 bits per heavy atom. The molecule has 15 heavy (non-hydrogen) atoms. The Morgan fingerprint density at radius 3 is 2.93 bits per heavy atom. The third-order valence-electron chi connectivity index (χ3n) is 1.88. The predicted octanol–water partition coefficient (Wildman–Crippen LogP) is 2.18. The molecule has 0 aliphatic heterocycles. The van der Waals surface area contributed by atoms with Crippen LogP contribution in [0.5, 0.6) is 5.75 Å². The second-order valence-corrected chi connectivity index (χ2v) is 2.82. The van der Waals surface area contributed by atoms with E-state index in [9.17, 15) is 9.50 Å². The Balaban J connectivity index is 2.86. The van der Waals surface area contributed by atoms with E-state index in [0.29, 0.717) is 5.56 Å². The standard InChI is InChI=1S/C9H10FN3O2/c1-15-9-3-2-6(4-7(9)10)8(14)5-12-13-11/h2-4,8,14H,5H2,1H3/t8-/m0/s1. The zero-order chi connectivity index (χ0) is 11.3. The Bertz CT molecular complexity index is 391. The number of halogens is 1. The summed E-state index contributed by atoms with van der Waals surface area (Å²) in [5, 5.41) is 12.7. The average Bonchev–Trinajstić information content (AvgIpc) is 2.25. The fourth-order valence-electron chi connectivity index (χ4n) is 1.11. The van der Waals surface area contributed by atoms with Crippen molar-refractivity contribution in [2.45, 2.75) is 6.10 Å². The number of aliphatic hydroxyl groups is 1. The van der Waals surface area contributed by atoms with Crippen molar-refractivity contribution in [1.29, 1.82) is 0 Å². The van der Waals surface area contributed by atoms with Gasteiger partial charge in [0.25, 0.3) is 0 Å². The van der Waals surface area contributed by atoms with Crippen LogP contribution in [0.3, 0.4) is 0 Å². The van der Waals surface area contributed by atoms with Gasteiger partial charge in [0.15, 0.2) is 11.6 Å². The molecule has 1 rings (SSSR count). The van der Waals surface area contributed by atoms with Crippen LogP contribution in [-0.2, 0) is 0 Å². The molecule has 1 N–H and O–H groups in total. The molecule has 0 fully saturated rings. The molecule has 0 aliphatic carbocycles. The Morgan fingerprint density at radius 2 is 2.40 bits per heavy atom. The van der Waals surface area contributed by atoms with Gasteiger partial charge in [0, 0.05) is 4.91 Å². The molecule has 80 valence electrons. The molecule has 6 heteroatoms. The first-order valence-electron chi connectivity index (χ1n) is 4.21. The quantitative estimate of drug-likeness (QED) is 0.470. The lowest BCUT2D eigenvalue weighted by atomic mass is 10.1. The van der Waals surface area contributed by atoms with Crippen molar-refractivity contribution < 1.29 is 14.2 Å². The van der Waals surface area contributed by atoms with Crippen LogP contribution >= 0.6 is 0 Å². The van der Waals surface area contributed by atoms with Crippen LogP contribution in [0.25, 0.3) is 10.4 Å². The number of benzene rings is 1. The Kier molecular flexibility index (Phi) is 3.91. The minimum Gasteiger partial charge on any atom is -0.494 e. The molecule has 0 heterocycles. The van der Waals surface area contributed by atoms with E-state index in [1.54, 1.807) is 0 Å². The Hall–Kier alpha value is -1.78. The number of ether oxygens (including phenoxy) is 1. The normalized spacial score (nSPS) is 11.7. The maximum atomic E-state index is 13.2. The first-order valence-corrected chi connectivity index (χ1v) is 4.21. The van der Waals surface area contributed by atoms with Gasteiger partial charge in [0.1, 0.15) is 0 Å². The maximum Gasteiger partial charge on any atom is 0.165 e. The summed E-state index contributed by atoms with van der Waals surface area (Å²) in [5.41, 5.74) is 8.40. The molecule has 0 unspecified atom stereocenters. The highest BCUT2D eigenvalue weighted by atomic mass is 19.1. The second-order valence-electron chi connectivity index (χ2n) is 2.82. The summed E-state index contributed by atoms with van der Waals surface area (Å²) in [6.45, 7) is -0.123. The van der Waals surface area contributed by atoms with E-state index in [4.69, 9.17) is 10.3 Å². The highest BCUT2D eigenvalue weighted by molar-refractivity contribution is 5.30. The topological polar surface area (TPSA) is 78.2 Å². The number of aliphatic hydroxyl groups excluding tert-OH is 1. The van der Waals surface area contributed by atoms with Gasteiger partial charge >= 0.3 is 0 Å². The van der Waals surface area contributed by atoms with E-state index in [1.165, 1.54) is 19.2 Å². The van der Waals surface area contributed by atoms with Gasteiger partial charge in [-0.3, -0.25) is 0 Å². The molecule has 5 nitrogen and oxygen atoms in total. The minimum absolute atomic E-state index is 0.106. The van der Waals surface area contributed by atoms with E-state index >= 15 is 0 Å². The summed E-state index contributed by atoms with van der Waals surface area (Å²) < 4.78 is 17.9. The van der Waals surface area contributed by atoms with Crippen LogP contribution in [0.4, 0.5) is 4.39 Å². The molecule has 0 radical (unpaired) electrons. The fourth-order valence-corrected chi connectivity index (χ4v) is 1.11. The number of methoxy groups -OCH3 is 1. The van der Waals surface area contributed by atoms with Crippen LogP contribution < -0.4 is 4.74 Å². The van der Waals surface area contributed by atoms with Gasteiger partial charge in [-0.05, 0) is 23.2 Å². The first-order chi connectivity index (χ1) is 7.19. The SMILES string of the molecule is COc1ccc([C@@H](O)CN=[N+]=[N-])cc1F. The summed E-state index contributed by atoms with van der Waals surface area (Å²) in [6, 6.07) is 4.07. The molecular formula is C9H10FN3O2. The van der Waals surface area contributed by atoms with Crippen molar-refractivity contribution in [2.24, 2.45) is 5.11 Å². The smallest absolute Gasteiger partial charge is 0.165 e. The van der Waals surface area contributed by atoms with Crippen LogP contribution in [0.15, 0.2) is 23.3 Å². The number of hydrogen-bond donors (Lipinski definition) is 1. The van der Waals surface area contributed by atoms with Crippen LogP contribution in [0.2, 0.25) is 0 Å². The Labute approximate surface area is 85.7 Å². The van der Waals surface area contributed by atoms with Gasteiger partial charge in [-0.25, -0.2) is 4.39 Å². The molecule has 0 bridgehead atoms. The molecule has 1 aromatic rings. The number of nitrogens with zero attached hydrogens (tertiary/aromatic N) is 3. The molecule has 0 aliphatic rings. The largest absolute Gasteiger partial charge is 0.494 e. The highest BCUT2D eigenvalue weighted by Gasteiger charge is 2.09. The lowest BCUT2D eigenvalue weighted by molar-refractivity contribution is 0.186. The van der Waals surface area contributed by atoms with Gasteiger partial charge < -0.3 is 9.84 Å². The summed E-state index contributed by atoms with van der Waals surface area (Å²) in [6.07, 6.45) is -0.999. The molecular weight excluding hydrogens is 201 g/mol. The van der Waals surface area contributed by atoms with Gasteiger partial charge in [-0.15, -0.1) is 0 Å². The van der Waals surface area contributed by atoms with E-state index in [0.717, 1.165) is 6.07 Å². The van der Waals surface area contributed by atoms with Crippen LogP contribution in [0, 0.1) is 5.82 Å². The minimum atomic E-state index is -0.999. The number of hydrogen-bond acceptors (Lipinski definition) is 3. The van der Waals surface area contributed by atoms with Crippen molar-refractivity contribution in [3.05, 3.63) is 40.0 Å². The summed E-state index contributed by atoms with van der Waals surface area (Å²) in [7, 11) is 1.36. The van der Waals surface area contributed by atoms with E-state index in [1.807, 2.05) is 0 Å².